The van der Waals surface area contributed by atoms with Gasteiger partial charge in [0, 0.05) is 12.1 Å². The van der Waals surface area contributed by atoms with Crippen LogP contribution >= 0.6 is 0 Å². The van der Waals surface area contributed by atoms with Gasteiger partial charge in [0.25, 0.3) is 0 Å². The standard InChI is InChI=1S/C13H14N2O3/c16-13(17)9-5-3-8(4-6-9)11-12-10(18-15-11)2-1-7-14-12/h1-2,7-9H,3-6H2,(H,16,17). The zero-order valence-electron chi connectivity index (χ0n) is 9.87. The van der Waals surface area contributed by atoms with E-state index >= 15 is 0 Å². The molecule has 1 aliphatic rings. The van der Waals surface area contributed by atoms with Gasteiger partial charge in [-0.05, 0) is 37.8 Å². The quantitative estimate of drug-likeness (QED) is 0.881. The summed E-state index contributed by atoms with van der Waals surface area (Å²) < 4.78 is 5.25. The predicted octanol–water partition coefficient (Wildman–Crippen LogP) is 2.58. The van der Waals surface area contributed by atoms with Crippen LogP contribution in [0, 0.1) is 5.92 Å². The average molecular weight is 246 g/mol. The van der Waals surface area contributed by atoms with Gasteiger partial charge in [0.2, 0.25) is 0 Å². The van der Waals surface area contributed by atoms with E-state index in [9.17, 15) is 4.79 Å². The second kappa shape index (κ2) is 4.40. The molecule has 2 aromatic rings. The van der Waals surface area contributed by atoms with Gasteiger partial charge in [0.05, 0.1) is 5.92 Å². The molecule has 1 N–H and O–H groups in total. The Morgan fingerprint density at radius 1 is 1.33 bits per heavy atom. The maximum atomic E-state index is 10.9. The SMILES string of the molecule is O=C(O)C1CCC(c2noc3cccnc23)CC1. The van der Waals surface area contributed by atoms with Crippen molar-refractivity contribution < 1.29 is 14.4 Å². The highest BCUT2D eigenvalue weighted by molar-refractivity contribution is 5.75. The van der Waals surface area contributed by atoms with Gasteiger partial charge in [-0.2, -0.15) is 0 Å². The predicted molar refractivity (Wildman–Crippen MR) is 64.1 cm³/mol. The number of fused-ring (bicyclic) bond motifs is 1. The Bertz CT molecular complexity index is 570. The van der Waals surface area contributed by atoms with Crippen LogP contribution in [-0.2, 0) is 4.79 Å². The summed E-state index contributed by atoms with van der Waals surface area (Å²) in [7, 11) is 0. The maximum Gasteiger partial charge on any atom is 0.306 e. The minimum absolute atomic E-state index is 0.202. The molecule has 0 aromatic carbocycles. The zero-order valence-corrected chi connectivity index (χ0v) is 9.87. The molecule has 0 radical (unpaired) electrons. The smallest absolute Gasteiger partial charge is 0.306 e. The number of hydrogen-bond donors (Lipinski definition) is 1. The molecule has 0 aliphatic heterocycles. The Hall–Kier alpha value is -1.91. The number of nitrogens with zero attached hydrogens (tertiary/aromatic N) is 2. The summed E-state index contributed by atoms with van der Waals surface area (Å²) in [6.07, 6.45) is 4.83. The van der Waals surface area contributed by atoms with E-state index < -0.39 is 5.97 Å². The van der Waals surface area contributed by atoms with Crippen LogP contribution < -0.4 is 0 Å². The zero-order chi connectivity index (χ0) is 12.5. The minimum atomic E-state index is -0.684. The number of pyridine rings is 1. The van der Waals surface area contributed by atoms with Crippen molar-refractivity contribution in [1.29, 1.82) is 0 Å². The molecular formula is C13H14N2O3. The number of hydrogen-bond acceptors (Lipinski definition) is 4. The van der Waals surface area contributed by atoms with Gasteiger partial charge in [-0.15, -0.1) is 0 Å². The summed E-state index contributed by atoms with van der Waals surface area (Å²) in [5.74, 6) is -0.610. The molecule has 94 valence electrons. The fraction of sp³-hybridized carbons (Fsp3) is 0.462. The van der Waals surface area contributed by atoms with E-state index in [-0.39, 0.29) is 11.8 Å². The number of aromatic nitrogens is 2. The summed E-state index contributed by atoms with van der Waals surface area (Å²) >= 11 is 0. The Labute approximate surface area is 104 Å². The lowest BCUT2D eigenvalue weighted by atomic mass is 9.80. The fourth-order valence-corrected chi connectivity index (χ4v) is 2.68. The van der Waals surface area contributed by atoms with Crippen LogP contribution in [0.2, 0.25) is 0 Å². The monoisotopic (exact) mass is 246 g/mol. The minimum Gasteiger partial charge on any atom is -0.481 e. The van der Waals surface area contributed by atoms with Gasteiger partial charge in [-0.3, -0.25) is 9.78 Å². The van der Waals surface area contributed by atoms with Crippen LogP contribution in [0.25, 0.3) is 11.1 Å². The van der Waals surface area contributed by atoms with E-state index in [0.717, 1.165) is 24.1 Å². The third-order valence-corrected chi connectivity index (χ3v) is 3.72. The molecule has 3 rings (SSSR count). The van der Waals surface area contributed by atoms with E-state index in [1.807, 2.05) is 12.1 Å². The molecular weight excluding hydrogens is 232 g/mol. The Kier molecular flexibility index (Phi) is 2.74. The van der Waals surface area contributed by atoms with Gasteiger partial charge >= 0.3 is 5.97 Å². The van der Waals surface area contributed by atoms with E-state index in [1.165, 1.54) is 0 Å². The molecule has 5 heteroatoms. The highest BCUT2D eigenvalue weighted by Gasteiger charge is 2.29. The molecule has 1 fully saturated rings. The van der Waals surface area contributed by atoms with Gasteiger partial charge in [-0.1, -0.05) is 5.16 Å². The highest BCUT2D eigenvalue weighted by atomic mass is 16.5. The van der Waals surface area contributed by atoms with Gasteiger partial charge in [0.1, 0.15) is 11.2 Å². The van der Waals surface area contributed by atoms with Crippen molar-refractivity contribution in [2.24, 2.45) is 5.92 Å². The van der Waals surface area contributed by atoms with Crippen LogP contribution in [-0.4, -0.2) is 21.2 Å². The van der Waals surface area contributed by atoms with Crippen LogP contribution in [0.15, 0.2) is 22.9 Å². The lowest BCUT2D eigenvalue weighted by Gasteiger charge is -2.24. The first-order chi connectivity index (χ1) is 8.75. The lowest BCUT2D eigenvalue weighted by molar-refractivity contribution is -0.142. The Balaban J connectivity index is 1.82. The molecule has 1 saturated carbocycles. The van der Waals surface area contributed by atoms with Crippen molar-refractivity contribution in [1.82, 2.24) is 10.1 Å². The molecule has 0 unspecified atom stereocenters. The van der Waals surface area contributed by atoms with Gasteiger partial charge < -0.3 is 9.63 Å². The normalized spacial score (nSPS) is 24.2. The maximum absolute atomic E-state index is 10.9. The van der Waals surface area contributed by atoms with Crippen molar-refractivity contribution in [2.45, 2.75) is 31.6 Å². The molecule has 1 aliphatic carbocycles. The average Bonchev–Trinajstić information content (AvgIpc) is 2.82. The fourth-order valence-electron chi connectivity index (χ4n) is 2.68. The number of carboxylic acid groups (broad SMARTS) is 1. The van der Waals surface area contributed by atoms with Crippen molar-refractivity contribution in [3.05, 3.63) is 24.0 Å². The first kappa shape index (κ1) is 11.2. The second-order valence-electron chi connectivity index (χ2n) is 4.80. The molecule has 2 aromatic heterocycles. The Morgan fingerprint density at radius 3 is 2.83 bits per heavy atom. The summed E-state index contributed by atoms with van der Waals surface area (Å²) in [6, 6.07) is 3.67. The molecule has 0 bridgehead atoms. The number of carboxylic acids is 1. The summed E-state index contributed by atoms with van der Waals surface area (Å²) in [6.45, 7) is 0. The molecule has 2 heterocycles. The Morgan fingerprint density at radius 2 is 2.11 bits per heavy atom. The molecule has 5 nitrogen and oxygen atoms in total. The number of rotatable bonds is 2. The van der Waals surface area contributed by atoms with Crippen LogP contribution in [0.5, 0.6) is 0 Å². The third-order valence-electron chi connectivity index (χ3n) is 3.72. The van der Waals surface area contributed by atoms with Gasteiger partial charge in [0.15, 0.2) is 5.58 Å². The molecule has 0 spiro atoms. The van der Waals surface area contributed by atoms with Crippen LogP contribution in [0.4, 0.5) is 0 Å². The lowest BCUT2D eigenvalue weighted by Crippen LogP contribution is -2.20. The van der Waals surface area contributed by atoms with E-state index in [0.29, 0.717) is 18.4 Å². The number of carbonyl (C=O) groups is 1. The second-order valence-corrected chi connectivity index (χ2v) is 4.80. The topological polar surface area (TPSA) is 76.2 Å². The summed E-state index contributed by atoms with van der Waals surface area (Å²) in [5.41, 5.74) is 2.40. The van der Waals surface area contributed by atoms with E-state index in [4.69, 9.17) is 9.63 Å². The van der Waals surface area contributed by atoms with E-state index in [1.54, 1.807) is 6.20 Å². The van der Waals surface area contributed by atoms with Crippen molar-refractivity contribution in [2.75, 3.05) is 0 Å². The summed E-state index contributed by atoms with van der Waals surface area (Å²) in [4.78, 5) is 15.2. The molecule has 18 heavy (non-hydrogen) atoms. The van der Waals surface area contributed by atoms with E-state index in [2.05, 4.69) is 10.1 Å². The van der Waals surface area contributed by atoms with Crippen molar-refractivity contribution in [3.8, 4) is 0 Å². The first-order valence-corrected chi connectivity index (χ1v) is 6.19. The molecule has 0 amide bonds. The summed E-state index contributed by atoms with van der Waals surface area (Å²) in [5, 5.41) is 13.1. The molecule has 0 atom stereocenters. The largest absolute Gasteiger partial charge is 0.481 e. The molecule has 0 saturated heterocycles. The highest BCUT2D eigenvalue weighted by Crippen LogP contribution is 2.37. The van der Waals surface area contributed by atoms with Crippen molar-refractivity contribution in [3.63, 3.8) is 0 Å². The van der Waals surface area contributed by atoms with Crippen LogP contribution in [0.1, 0.15) is 37.3 Å². The van der Waals surface area contributed by atoms with Crippen LogP contribution in [0.3, 0.4) is 0 Å². The first-order valence-electron chi connectivity index (χ1n) is 6.19. The van der Waals surface area contributed by atoms with Crippen molar-refractivity contribution >= 4 is 17.1 Å². The number of aliphatic carboxylic acids is 1. The van der Waals surface area contributed by atoms with Gasteiger partial charge in [-0.25, -0.2) is 0 Å². The third kappa shape index (κ3) is 1.85.